The van der Waals surface area contributed by atoms with E-state index < -0.39 is 29.3 Å². The van der Waals surface area contributed by atoms with Crippen LogP contribution in [0.2, 0.25) is 5.02 Å². The van der Waals surface area contributed by atoms with Gasteiger partial charge in [-0.25, -0.2) is 9.69 Å². The number of halogens is 1. The van der Waals surface area contributed by atoms with Crippen molar-refractivity contribution in [3.05, 3.63) is 58.6 Å². The molecule has 2 aromatic rings. The molecular weight excluding hydrogens is 472 g/mol. The lowest BCUT2D eigenvalue weighted by atomic mass is 9.82. The Kier molecular flexibility index (Phi) is 5.80. The second-order valence-electron chi connectivity index (χ2n) is 8.99. The Morgan fingerprint density at radius 3 is 2.26 bits per heavy atom. The maximum atomic E-state index is 12.8. The van der Waals surface area contributed by atoms with Crippen LogP contribution in [0.15, 0.2) is 42.5 Å². The normalized spacial score (nSPS) is 18.8. The van der Waals surface area contributed by atoms with E-state index in [9.17, 15) is 24.0 Å². The van der Waals surface area contributed by atoms with Crippen molar-refractivity contribution in [2.24, 2.45) is 0 Å². The number of imide groups is 2. The van der Waals surface area contributed by atoms with Crippen LogP contribution in [-0.2, 0) is 9.59 Å². The van der Waals surface area contributed by atoms with Crippen LogP contribution in [0, 0.1) is 0 Å². The van der Waals surface area contributed by atoms with Gasteiger partial charge >= 0.3 is 6.03 Å². The number of hydrogen-bond donors (Lipinski definition) is 2. The third-order valence-electron chi connectivity index (χ3n) is 6.78. The second-order valence-corrected chi connectivity index (χ2v) is 9.39. The van der Waals surface area contributed by atoms with Gasteiger partial charge in [0.25, 0.3) is 17.7 Å². The number of fused-ring (bicyclic) bond motifs is 1. The highest BCUT2D eigenvalue weighted by molar-refractivity contribution is 6.40. The Hall–Kier alpha value is -3.72. The van der Waals surface area contributed by atoms with Crippen molar-refractivity contribution in [1.82, 2.24) is 10.2 Å². The number of hydrogen-bond acceptors (Lipinski definition) is 5. The molecule has 3 aliphatic rings. The van der Waals surface area contributed by atoms with E-state index >= 15 is 0 Å². The third-order valence-corrected chi connectivity index (χ3v) is 7.08. The van der Waals surface area contributed by atoms with E-state index in [4.69, 9.17) is 11.6 Å². The van der Waals surface area contributed by atoms with Crippen molar-refractivity contribution in [2.45, 2.75) is 44.1 Å². The summed E-state index contributed by atoms with van der Waals surface area (Å²) in [7, 11) is 0. The van der Waals surface area contributed by atoms with Gasteiger partial charge in [0.15, 0.2) is 0 Å². The molecule has 2 N–H and O–H groups in total. The number of benzene rings is 2. The van der Waals surface area contributed by atoms with Gasteiger partial charge in [0.05, 0.1) is 21.8 Å². The van der Waals surface area contributed by atoms with Gasteiger partial charge in [0.1, 0.15) is 5.54 Å². The average Bonchev–Trinajstić information content (AvgIpc) is 3.22. The number of anilines is 2. The number of urea groups is 1. The van der Waals surface area contributed by atoms with Crippen molar-refractivity contribution in [3.8, 4) is 0 Å². The first-order valence-electron chi connectivity index (χ1n) is 11.5. The zero-order valence-electron chi connectivity index (χ0n) is 18.8. The monoisotopic (exact) mass is 494 g/mol. The molecule has 1 aliphatic carbocycles. The van der Waals surface area contributed by atoms with Crippen molar-refractivity contribution in [3.63, 3.8) is 0 Å². The lowest BCUT2D eigenvalue weighted by Gasteiger charge is -2.30. The fourth-order valence-corrected chi connectivity index (χ4v) is 5.25. The Morgan fingerprint density at radius 1 is 0.971 bits per heavy atom. The molecule has 1 saturated heterocycles. The summed E-state index contributed by atoms with van der Waals surface area (Å²) in [5.41, 5.74) is 0.372. The van der Waals surface area contributed by atoms with E-state index in [0.717, 1.165) is 29.1 Å². The minimum atomic E-state index is -0.820. The van der Waals surface area contributed by atoms with Crippen LogP contribution in [0.4, 0.5) is 16.2 Å². The highest BCUT2D eigenvalue weighted by Gasteiger charge is 2.51. The van der Waals surface area contributed by atoms with Crippen molar-refractivity contribution < 1.29 is 24.0 Å². The molecule has 2 aliphatic heterocycles. The van der Waals surface area contributed by atoms with Crippen molar-refractivity contribution >= 4 is 52.6 Å². The van der Waals surface area contributed by atoms with Crippen molar-refractivity contribution in [2.75, 3.05) is 16.8 Å². The molecule has 2 heterocycles. The summed E-state index contributed by atoms with van der Waals surface area (Å²) in [6.07, 6.45) is 3.99. The summed E-state index contributed by atoms with van der Waals surface area (Å²) in [6, 6.07) is 10.5. The summed E-state index contributed by atoms with van der Waals surface area (Å²) >= 11 is 6.36. The molecule has 2 fully saturated rings. The molecule has 6 amide bonds. The fraction of sp³-hybridized carbons (Fsp3) is 0.320. The molecule has 35 heavy (non-hydrogen) atoms. The van der Waals surface area contributed by atoms with E-state index in [0.29, 0.717) is 29.7 Å². The van der Waals surface area contributed by atoms with E-state index in [1.54, 1.807) is 24.3 Å². The number of carbonyl (C=O) groups is 5. The van der Waals surface area contributed by atoms with Crippen LogP contribution in [0.5, 0.6) is 0 Å². The quantitative estimate of drug-likeness (QED) is 0.485. The number of carbonyl (C=O) groups excluding carboxylic acids is 5. The first kappa shape index (κ1) is 23.0. The summed E-state index contributed by atoms with van der Waals surface area (Å²) in [5, 5.41) is 5.62. The van der Waals surface area contributed by atoms with Crippen LogP contribution in [-0.4, -0.2) is 46.6 Å². The smallest absolute Gasteiger partial charge is 0.325 e. The van der Waals surface area contributed by atoms with Crippen LogP contribution in [0.3, 0.4) is 0 Å². The molecule has 0 aromatic heterocycles. The molecule has 180 valence electrons. The molecule has 0 bridgehead atoms. The van der Waals surface area contributed by atoms with E-state index in [-0.39, 0.29) is 29.6 Å². The van der Waals surface area contributed by atoms with Crippen molar-refractivity contribution in [1.29, 1.82) is 0 Å². The highest BCUT2D eigenvalue weighted by Crippen LogP contribution is 2.35. The maximum absolute atomic E-state index is 12.8. The van der Waals surface area contributed by atoms with Gasteiger partial charge in [-0.05, 0) is 43.2 Å². The number of rotatable bonds is 5. The SMILES string of the molecule is O=C(CCN1C(=O)NC2(CCCCC2)C1=O)Nc1ccc(N2C(=O)c3ccccc3C2=O)c(Cl)c1. The fourth-order valence-electron chi connectivity index (χ4n) is 4.98. The molecule has 9 nitrogen and oxygen atoms in total. The molecule has 10 heteroatoms. The van der Waals surface area contributed by atoms with Gasteiger partial charge in [0, 0.05) is 18.7 Å². The summed E-state index contributed by atoms with van der Waals surface area (Å²) in [5.74, 6) is -1.59. The lowest BCUT2D eigenvalue weighted by molar-refractivity contribution is -0.132. The Balaban J connectivity index is 1.22. The predicted octanol–water partition coefficient (Wildman–Crippen LogP) is 3.72. The molecule has 2 aromatic carbocycles. The molecule has 0 radical (unpaired) electrons. The largest absolute Gasteiger partial charge is 0.326 e. The molecule has 0 unspecified atom stereocenters. The molecule has 5 rings (SSSR count). The first-order valence-corrected chi connectivity index (χ1v) is 11.9. The van der Waals surface area contributed by atoms with Gasteiger partial charge in [-0.1, -0.05) is 43.0 Å². The molecular formula is C25H23ClN4O5. The van der Waals surface area contributed by atoms with Gasteiger partial charge in [-0.3, -0.25) is 24.1 Å². The predicted molar refractivity (Wildman–Crippen MR) is 128 cm³/mol. The van der Waals surface area contributed by atoms with Gasteiger partial charge in [0.2, 0.25) is 5.91 Å². The molecule has 1 saturated carbocycles. The number of nitrogens with one attached hydrogen (secondary N) is 2. The van der Waals surface area contributed by atoms with E-state index in [2.05, 4.69) is 10.6 Å². The minimum Gasteiger partial charge on any atom is -0.326 e. The second kappa shape index (κ2) is 8.81. The standard InChI is InChI=1S/C25H23ClN4O5/c26-18-14-15(8-9-19(18)30-21(32)16-6-2-3-7-17(16)22(30)33)27-20(31)10-13-29-23(34)25(28-24(29)35)11-4-1-5-12-25/h2-3,6-9,14H,1,4-5,10-13H2,(H,27,31)(H,28,35). The van der Waals surface area contributed by atoms with Gasteiger partial charge in [-0.15, -0.1) is 0 Å². The average molecular weight is 495 g/mol. The Morgan fingerprint density at radius 2 is 1.63 bits per heavy atom. The van der Waals surface area contributed by atoms with Crippen LogP contribution < -0.4 is 15.5 Å². The first-order chi connectivity index (χ1) is 16.8. The summed E-state index contributed by atoms with van der Waals surface area (Å²) in [4.78, 5) is 65.3. The van der Waals surface area contributed by atoms with Crippen LogP contribution in [0.25, 0.3) is 0 Å². The third kappa shape index (κ3) is 3.95. The maximum Gasteiger partial charge on any atom is 0.325 e. The van der Waals surface area contributed by atoms with E-state index in [1.807, 2.05) is 0 Å². The Bertz CT molecular complexity index is 1240. The lowest BCUT2D eigenvalue weighted by Crippen LogP contribution is -2.48. The zero-order chi connectivity index (χ0) is 24.7. The zero-order valence-corrected chi connectivity index (χ0v) is 19.6. The van der Waals surface area contributed by atoms with Gasteiger partial charge < -0.3 is 10.6 Å². The molecule has 1 spiro atoms. The minimum absolute atomic E-state index is 0.0287. The highest BCUT2D eigenvalue weighted by atomic mass is 35.5. The van der Waals surface area contributed by atoms with Crippen LogP contribution in [0.1, 0.15) is 59.2 Å². The molecule has 0 atom stereocenters. The van der Waals surface area contributed by atoms with Crippen LogP contribution >= 0.6 is 11.6 Å². The Labute approximate surface area is 206 Å². The summed E-state index contributed by atoms with van der Waals surface area (Å²) in [6.45, 7) is -0.0287. The number of nitrogens with zero attached hydrogens (tertiary/aromatic N) is 2. The van der Waals surface area contributed by atoms with Gasteiger partial charge in [-0.2, -0.15) is 0 Å². The summed E-state index contributed by atoms with van der Waals surface area (Å²) < 4.78 is 0. The van der Waals surface area contributed by atoms with E-state index in [1.165, 1.54) is 18.2 Å². The number of amides is 6. The topological polar surface area (TPSA) is 116 Å².